The van der Waals surface area contributed by atoms with E-state index in [1.165, 1.54) is 46.3 Å². The van der Waals surface area contributed by atoms with E-state index in [1.807, 2.05) is 0 Å². The van der Waals surface area contributed by atoms with Crippen molar-refractivity contribution in [3.8, 4) is 0 Å². The van der Waals surface area contributed by atoms with Crippen molar-refractivity contribution < 1.29 is 0 Å². The molecule has 0 bridgehead atoms. The molecule has 1 saturated carbocycles. The van der Waals surface area contributed by atoms with Gasteiger partial charge in [0, 0.05) is 29.2 Å². The minimum absolute atomic E-state index is 0.701. The fourth-order valence-electron chi connectivity index (χ4n) is 2.58. The number of rotatable bonds is 3. The smallest absolute Gasteiger partial charge is 0.0758 e. The predicted molar refractivity (Wildman–Crippen MR) is 77.4 cm³/mol. The number of nitrogens with one attached hydrogen (secondary N) is 1. The first-order chi connectivity index (χ1) is 8.70. The fourth-order valence-corrected chi connectivity index (χ4v) is 2.58. The Hall–Kier alpha value is -1.57. The van der Waals surface area contributed by atoms with Crippen LogP contribution in [-0.4, -0.2) is 11.5 Å². The summed E-state index contributed by atoms with van der Waals surface area (Å²) in [5, 5.41) is 4.79. The average Bonchev–Trinajstić information content (AvgIpc) is 3.18. The van der Waals surface area contributed by atoms with Gasteiger partial charge in [-0.3, -0.25) is 4.98 Å². The largest absolute Gasteiger partial charge is 0.385 e. The van der Waals surface area contributed by atoms with Gasteiger partial charge in [-0.2, -0.15) is 0 Å². The molecule has 0 saturated heterocycles. The highest BCUT2D eigenvalue weighted by atomic mass is 14.9. The zero-order valence-electron chi connectivity index (χ0n) is 11.4. The van der Waals surface area contributed by atoms with E-state index in [0.717, 1.165) is 6.54 Å². The lowest BCUT2D eigenvalue weighted by molar-refractivity contribution is 1.04. The van der Waals surface area contributed by atoms with Gasteiger partial charge < -0.3 is 5.32 Å². The minimum Gasteiger partial charge on any atom is -0.385 e. The number of hydrogen-bond acceptors (Lipinski definition) is 2. The SMILES string of the molecule is CCNc1cc(C2CC2)nc2c(C)ccc(C)c12. The molecular weight excluding hydrogens is 220 g/mol. The molecule has 1 aliphatic carbocycles. The van der Waals surface area contributed by atoms with Crippen molar-refractivity contribution in [1.29, 1.82) is 0 Å². The van der Waals surface area contributed by atoms with Crippen LogP contribution in [0.1, 0.15) is 42.5 Å². The van der Waals surface area contributed by atoms with Crippen molar-refractivity contribution in [2.45, 2.75) is 39.5 Å². The van der Waals surface area contributed by atoms with Crippen LogP contribution in [0.15, 0.2) is 18.2 Å². The Kier molecular flexibility index (Phi) is 2.73. The van der Waals surface area contributed by atoms with Crippen molar-refractivity contribution in [3.63, 3.8) is 0 Å². The molecule has 0 spiro atoms. The summed E-state index contributed by atoms with van der Waals surface area (Å²) in [6, 6.07) is 6.63. The predicted octanol–water partition coefficient (Wildman–Crippen LogP) is 4.16. The number of anilines is 1. The molecule has 2 aromatic rings. The lowest BCUT2D eigenvalue weighted by Crippen LogP contribution is -2.02. The number of benzene rings is 1. The van der Waals surface area contributed by atoms with Crippen LogP contribution in [0.4, 0.5) is 5.69 Å². The summed E-state index contributed by atoms with van der Waals surface area (Å²) in [7, 11) is 0. The molecule has 1 aliphatic rings. The maximum absolute atomic E-state index is 4.90. The van der Waals surface area contributed by atoms with Crippen LogP contribution in [0.5, 0.6) is 0 Å². The molecule has 1 heterocycles. The summed E-state index contributed by atoms with van der Waals surface area (Å²) >= 11 is 0. The lowest BCUT2D eigenvalue weighted by atomic mass is 10.0. The van der Waals surface area contributed by atoms with Gasteiger partial charge in [0.25, 0.3) is 0 Å². The molecule has 2 heteroatoms. The summed E-state index contributed by atoms with van der Waals surface area (Å²) < 4.78 is 0. The summed E-state index contributed by atoms with van der Waals surface area (Å²) in [5.41, 5.74) is 6.28. The van der Waals surface area contributed by atoms with E-state index in [9.17, 15) is 0 Å². The average molecular weight is 240 g/mol. The molecule has 0 amide bonds. The first-order valence-electron chi connectivity index (χ1n) is 6.85. The lowest BCUT2D eigenvalue weighted by Gasteiger charge is -2.14. The van der Waals surface area contributed by atoms with E-state index in [4.69, 9.17) is 4.98 Å². The number of pyridine rings is 1. The molecule has 2 nitrogen and oxygen atoms in total. The van der Waals surface area contributed by atoms with Crippen molar-refractivity contribution >= 4 is 16.6 Å². The molecule has 94 valence electrons. The zero-order valence-corrected chi connectivity index (χ0v) is 11.4. The summed E-state index contributed by atoms with van der Waals surface area (Å²) in [6.45, 7) is 7.42. The quantitative estimate of drug-likeness (QED) is 0.871. The Labute approximate surface area is 108 Å². The third-order valence-corrected chi connectivity index (χ3v) is 3.75. The molecule has 1 fully saturated rings. The molecule has 18 heavy (non-hydrogen) atoms. The van der Waals surface area contributed by atoms with E-state index < -0.39 is 0 Å². The van der Waals surface area contributed by atoms with Crippen LogP contribution in [-0.2, 0) is 0 Å². The van der Waals surface area contributed by atoms with Gasteiger partial charge in [-0.15, -0.1) is 0 Å². The monoisotopic (exact) mass is 240 g/mol. The van der Waals surface area contributed by atoms with E-state index in [-0.39, 0.29) is 0 Å². The summed E-state index contributed by atoms with van der Waals surface area (Å²) in [5.74, 6) is 0.701. The molecule has 1 aromatic heterocycles. The third-order valence-electron chi connectivity index (χ3n) is 3.75. The normalized spacial score (nSPS) is 15.1. The molecule has 1 N–H and O–H groups in total. The van der Waals surface area contributed by atoms with E-state index in [0.29, 0.717) is 5.92 Å². The van der Waals surface area contributed by atoms with Gasteiger partial charge in [-0.05, 0) is 50.8 Å². The van der Waals surface area contributed by atoms with Crippen molar-refractivity contribution in [1.82, 2.24) is 4.98 Å². The van der Waals surface area contributed by atoms with E-state index in [2.05, 4.69) is 44.3 Å². The van der Waals surface area contributed by atoms with Gasteiger partial charge in [0.2, 0.25) is 0 Å². The third kappa shape index (κ3) is 1.86. The van der Waals surface area contributed by atoms with Gasteiger partial charge in [-0.1, -0.05) is 12.1 Å². The number of aryl methyl sites for hydroxylation is 2. The second-order valence-electron chi connectivity index (χ2n) is 5.32. The fraction of sp³-hybridized carbons (Fsp3) is 0.438. The second kappa shape index (κ2) is 4.27. The van der Waals surface area contributed by atoms with E-state index >= 15 is 0 Å². The molecule has 0 aliphatic heterocycles. The summed E-state index contributed by atoms with van der Waals surface area (Å²) in [6.07, 6.45) is 2.60. The zero-order chi connectivity index (χ0) is 12.7. The number of nitrogens with zero attached hydrogens (tertiary/aromatic N) is 1. The molecule has 0 radical (unpaired) electrons. The van der Waals surface area contributed by atoms with Crippen LogP contribution in [0.3, 0.4) is 0 Å². The number of hydrogen-bond donors (Lipinski definition) is 1. The van der Waals surface area contributed by atoms with Crippen LogP contribution < -0.4 is 5.32 Å². The molecule has 1 aromatic carbocycles. The highest BCUT2D eigenvalue weighted by Gasteiger charge is 2.26. The minimum atomic E-state index is 0.701. The Morgan fingerprint density at radius 2 is 1.94 bits per heavy atom. The molecule has 0 atom stereocenters. The topological polar surface area (TPSA) is 24.9 Å². The van der Waals surface area contributed by atoms with Crippen LogP contribution >= 0.6 is 0 Å². The standard InChI is InChI=1S/C16H20N2/c1-4-17-14-9-13(12-7-8-12)18-16-11(3)6-5-10(2)15(14)16/h5-6,9,12H,4,7-8H2,1-3H3,(H,17,18). The number of fused-ring (bicyclic) bond motifs is 1. The van der Waals surface area contributed by atoms with Gasteiger partial charge in [0.15, 0.2) is 0 Å². The van der Waals surface area contributed by atoms with Crippen LogP contribution in [0, 0.1) is 13.8 Å². The maximum atomic E-state index is 4.90. The van der Waals surface area contributed by atoms with Crippen molar-refractivity contribution in [3.05, 3.63) is 35.0 Å². The highest BCUT2D eigenvalue weighted by Crippen LogP contribution is 2.41. The Bertz CT molecular complexity index is 598. The first-order valence-corrected chi connectivity index (χ1v) is 6.85. The van der Waals surface area contributed by atoms with Crippen molar-refractivity contribution in [2.75, 3.05) is 11.9 Å². The molecule has 0 unspecified atom stereocenters. The van der Waals surface area contributed by atoms with Gasteiger partial charge in [-0.25, -0.2) is 0 Å². The Balaban J connectivity index is 2.29. The Morgan fingerprint density at radius 1 is 1.22 bits per heavy atom. The second-order valence-corrected chi connectivity index (χ2v) is 5.32. The molecular formula is C16H20N2. The highest BCUT2D eigenvalue weighted by molar-refractivity contribution is 5.96. The van der Waals surface area contributed by atoms with Crippen molar-refractivity contribution in [2.24, 2.45) is 0 Å². The first kappa shape index (κ1) is 11.5. The molecule has 3 rings (SSSR count). The summed E-state index contributed by atoms with van der Waals surface area (Å²) in [4.78, 5) is 4.90. The van der Waals surface area contributed by atoms with Gasteiger partial charge in [0.1, 0.15) is 0 Å². The maximum Gasteiger partial charge on any atom is 0.0758 e. The van der Waals surface area contributed by atoms with Crippen LogP contribution in [0.25, 0.3) is 10.9 Å². The van der Waals surface area contributed by atoms with E-state index in [1.54, 1.807) is 0 Å². The van der Waals surface area contributed by atoms with Gasteiger partial charge in [0.05, 0.1) is 5.52 Å². The number of aromatic nitrogens is 1. The Morgan fingerprint density at radius 3 is 2.61 bits per heavy atom. The van der Waals surface area contributed by atoms with Gasteiger partial charge >= 0.3 is 0 Å². The van der Waals surface area contributed by atoms with Crippen LogP contribution in [0.2, 0.25) is 0 Å².